The Morgan fingerprint density at radius 2 is 2.12 bits per heavy atom. The molecule has 1 atom stereocenters. The number of nitrogens with zero attached hydrogens (tertiary/aromatic N) is 1. The standard InChI is InChI=1S/C11H21NO4/c1-5-14-16-9-7-6-8-12(9)10(13)15-11(2,3)4/h9H,5-8H2,1-4H3. The molecular weight excluding hydrogens is 210 g/mol. The first-order valence-electron chi connectivity index (χ1n) is 5.72. The molecule has 1 aliphatic heterocycles. The summed E-state index contributed by atoms with van der Waals surface area (Å²) in [4.78, 5) is 23.4. The summed E-state index contributed by atoms with van der Waals surface area (Å²) in [6.07, 6.45) is 1.06. The molecule has 0 aromatic carbocycles. The van der Waals surface area contributed by atoms with E-state index in [-0.39, 0.29) is 12.3 Å². The maximum absolute atomic E-state index is 11.8. The number of ether oxygens (including phenoxy) is 1. The minimum Gasteiger partial charge on any atom is -0.444 e. The summed E-state index contributed by atoms with van der Waals surface area (Å²) in [5.41, 5.74) is -0.476. The van der Waals surface area contributed by atoms with Crippen LogP contribution in [0.4, 0.5) is 4.79 Å². The van der Waals surface area contributed by atoms with E-state index >= 15 is 0 Å². The van der Waals surface area contributed by atoms with E-state index in [0.29, 0.717) is 13.2 Å². The molecule has 0 bridgehead atoms. The normalized spacial score (nSPS) is 21.2. The fourth-order valence-corrected chi connectivity index (χ4v) is 1.51. The summed E-state index contributed by atoms with van der Waals surface area (Å²) < 4.78 is 5.28. The summed E-state index contributed by atoms with van der Waals surface area (Å²) in [5.74, 6) is 0. The van der Waals surface area contributed by atoms with E-state index in [1.165, 1.54) is 0 Å². The SMILES string of the molecule is CCOOC1CCCN1C(=O)OC(C)(C)C. The topological polar surface area (TPSA) is 48.0 Å². The molecular formula is C11H21NO4. The van der Waals surface area contributed by atoms with E-state index < -0.39 is 5.60 Å². The van der Waals surface area contributed by atoms with Gasteiger partial charge < -0.3 is 4.74 Å². The summed E-state index contributed by atoms with van der Waals surface area (Å²) in [5, 5.41) is 0. The van der Waals surface area contributed by atoms with Crippen molar-refractivity contribution in [3.05, 3.63) is 0 Å². The second-order valence-corrected chi connectivity index (χ2v) is 4.77. The molecule has 1 saturated heterocycles. The highest BCUT2D eigenvalue weighted by Gasteiger charge is 2.33. The van der Waals surface area contributed by atoms with Crippen molar-refractivity contribution in [3.8, 4) is 0 Å². The summed E-state index contributed by atoms with van der Waals surface area (Å²) >= 11 is 0. The predicted molar refractivity (Wildman–Crippen MR) is 58.7 cm³/mol. The Morgan fingerprint density at radius 3 is 2.69 bits per heavy atom. The molecule has 5 heteroatoms. The highest BCUT2D eigenvalue weighted by Crippen LogP contribution is 2.21. The number of hydrogen-bond donors (Lipinski definition) is 0. The lowest BCUT2D eigenvalue weighted by atomic mass is 10.2. The Kier molecular flexibility index (Phi) is 4.56. The van der Waals surface area contributed by atoms with Crippen molar-refractivity contribution in [2.45, 2.75) is 52.4 Å². The molecule has 0 aromatic rings. The van der Waals surface area contributed by atoms with E-state index in [4.69, 9.17) is 14.5 Å². The molecule has 0 N–H and O–H groups in total. The van der Waals surface area contributed by atoms with Crippen LogP contribution in [0.3, 0.4) is 0 Å². The molecule has 0 aromatic heterocycles. The molecule has 5 nitrogen and oxygen atoms in total. The molecule has 1 heterocycles. The van der Waals surface area contributed by atoms with Crippen molar-refractivity contribution >= 4 is 6.09 Å². The Balaban J connectivity index is 2.47. The first-order valence-corrected chi connectivity index (χ1v) is 5.72. The largest absolute Gasteiger partial charge is 0.444 e. The van der Waals surface area contributed by atoms with Gasteiger partial charge in [-0.3, -0.25) is 4.90 Å². The summed E-state index contributed by atoms with van der Waals surface area (Å²) in [6, 6.07) is 0. The van der Waals surface area contributed by atoms with E-state index in [2.05, 4.69) is 0 Å². The first kappa shape index (κ1) is 13.3. The molecule has 94 valence electrons. The zero-order valence-corrected chi connectivity index (χ0v) is 10.5. The van der Waals surface area contributed by atoms with Crippen LogP contribution in [-0.4, -0.2) is 36.0 Å². The molecule has 1 unspecified atom stereocenters. The van der Waals surface area contributed by atoms with Gasteiger partial charge in [0, 0.05) is 6.54 Å². The molecule has 0 aliphatic carbocycles. The predicted octanol–water partition coefficient (Wildman–Crippen LogP) is 2.31. The number of amides is 1. The molecule has 1 rings (SSSR count). The highest BCUT2D eigenvalue weighted by atomic mass is 17.2. The maximum atomic E-state index is 11.8. The van der Waals surface area contributed by atoms with Gasteiger partial charge >= 0.3 is 6.09 Å². The van der Waals surface area contributed by atoms with Gasteiger partial charge in [-0.15, -0.1) is 0 Å². The fourth-order valence-electron chi connectivity index (χ4n) is 1.51. The molecule has 1 amide bonds. The van der Waals surface area contributed by atoms with Crippen LogP contribution in [0.25, 0.3) is 0 Å². The third-order valence-electron chi connectivity index (χ3n) is 2.12. The van der Waals surface area contributed by atoms with Crippen LogP contribution >= 0.6 is 0 Å². The van der Waals surface area contributed by atoms with E-state index in [1.807, 2.05) is 27.7 Å². The van der Waals surface area contributed by atoms with Gasteiger partial charge in [0.1, 0.15) is 5.60 Å². The van der Waals surface area contributed by atoms with Gasteiger partial charge in [0.2, 0.25) is 0 Å². The fraction of sp³-hybridized carbons (Fsp3) is 0.909. The molecule has 0 radical (unpaired) electrons. The van der Waals surface area contributed by atoms with Gasteiger partial charge in [0.25, 0.3) is 0 Å². The molecule has 0 saturated carbocycles. The molecule has 1 aliphatic rings. The number of likely N-dealkylation sites (tertiary alicyclic amines) is 1. The van der Waals surface area contributed by atoms with E-state index in [9.17, 15) is 4.79 Å². The highest BCUT2D eigenvalue weighted by molar-refractivity contribution is 5.68. The Bertz CT molecular complexity index is 237. The lowest BCUT2D eigenvalue weighted by Crippen LogP contribution is -2.40. The van der Waals surface area contributed by atoms with Crippen molar-refractivity contribution in [1.82, 2.24) is 4.90 Å². The van der Waals surface area contributed by atoms with Crippen molar-refractivity contribution in [2.75, 3.05) is 13.2 Å². The minimum absolute atomic E-state index is 0.310. The van der Waals surface area contributed by atoms with E-state index in [1.54, 1.807) is 4.90 Å². The zero-order valence-electron chi connectivity index (χ0n) is 10.5. The smallest absolute Gasteiger partial charge is 0.412 e. The van der Waals surface area contributed by atoms with Gasteiger partial charge in [0.05, 0.1) is 6.61 Å². The van der Waals surface area contributed by atoms with Crippen LogP contribution in [0.15, 0.2) is 0 Å². The van der Waals surface area contributed by atoms with Crippen LogP contribution in [0, 0.1) is 0 Å². The van der Waals surface area contributed by atoms with Crippen LogP contribution < -0.4 is 0 Å². The van der Waals surface area contributed by atoms with Crippen molar-refractivity contribution < 1.29 is 19.3 Å². The summed E-state index contributed by atoms with van der Waals surface area (Å²) in [6.45, 7) is 8.51. The number of carbonyl (C=O) groups excluding carboxylic acids is 1. The van der Waals surface area contributed by atoms with Crippen molar-refractivity contribution in [3.63, 3.8) is 0 Å². The monoisotopic (exact) mass is 231 g/mol. The Morgan fingerprint density at radius 1 is 1.44 bits per heavy atom. The lowest BCUT2D eigenvalue weighted by molar-refractivity contribution is -0.339. The Hall–Kier alpha value is -0.810. The maximum Gasteiger partial charge on any atom is 0.412 e. The minimum atomic E-state index is -0.476. The van der Waals surface area contributed by atoms with Crippen molar-refractivity contribution in [1.29, 1.82) is 0 Å². The second-order valence-electron chi connectivity index (χ2n) is 4.77. The van der Waals surface area contributed by atoms with Gasteiger partial charge in [-0.05, 0) is 40.5 Å². The van der Waals surface area contributed by atoms with Gasteiger partial charge in [-0.1, -0.05) is 0 Å². The average Bonchev–Trinajstić information content (AvgIpc) is 2.59. The molecule has 1 fully saturated rings. The van der Waals surface area contributed by atoms with Gasteiger partial charge in [-0.2, -0.15) is 0 Å². The van der Waals surface area contributed by atoms with Crippen LogP contribution in [-0.2, 0) is 14.5 Å². The Labute approximate surface area is 96.6 Å². The van der Waals surface area contributed by atoms with Gasteiger partial charge in [0.15, 0.2) is 6.23 Å². The zero-order chi connectivity index (χ0) is 12.2. The third-order valence-corrected chi connectivity index (χ3v) is 2.12. The quantitative estimate of drug-likeness (QED) is 0.552. The number of carbonyl (C=O) groups is 1. The third kappa shape index (κ3) is 3.98. The number of rotatable bonds is 3. The molecule has 16 heavy (non-hydrogen) atoms. The average molecular weight is 231 g/mol. The summed E-state index contributed by atoms with van der Waals surface area (Å²) in [7, 11) is 0. The second kappa shape index (κ2) is 5.50. The van der Waals surface area contributed by atoms with Crippen LogP contribution in [0.5, 0.6) is 0 Å². The lowest BCUT2D eigenvalue weighted by Gasteiger charge is -2.27. The van der Waals surface area contributed by atoms with Crippen LogP contribution in [0.2, 0.25) is 0 Å². The van der Waals surface area contributed by atoms with E-state index in [0.717, 1.165) is 12.8 Å². The van der Waals surface area contributed by atoms with Crippen molar-refractivity contribution in [2.24, 2.45) is 0 Å². The van der Waals surface area contributed by atoms with Crippen LogP contribution in [0.1, 0.15) is 40.5 Å². The molecule has 0 spiro atoms. The number of hydrogen-bond acceptors (Lipinski definition) is 4. The first-order chi connectivity index (χ1) is 7.44. The van der Waals surface area contributed by atoms with Gasteiger partial charge in [-0.25, -0.2) is 14.6 Å².